The Balaban J connectivity index is 1.70. The predicted molar refractivity (Wildman–Crippen MR) is 95.9 cm³/mol. The molecule has 1 N–H and O–H groups in total. The lowest BCUT2D eigenvalue weighted by Crippen LogP contribution is -2.17. The number of nitrogens with one attached hydrogen (secondary N) is 1. The molecule has 5 nitrogen and oxygen atoms in total. The first kappa shape index (κ1) is 17.2. The third-order valence-electron chi connectivity index (χ3n) is 3.67. The van der Waals surface area contributed by atoms with E-state index in [4.69, 9.17) is 21.1 Å². The average Bonchev–Trinajstić information content (AvgIpc) is 3.06. The van der Waals surface area contributed by atoms with Gasteiger partial charge < -0.3 is 14.8 Å². The maximum absolute atomic E-state index is 12.3. The molecule has 0 aliphatic carbocycles. The van der Waals surface area contributed by atoms with Gasteiger partial charge in [0.15, 0.2) is 0 Å². The molecule has 0 spiro atoms. The van der Waals surface area contributed by atoms with E-state index in [2.05, 4.69) is 26.2 Å². The van der Waals surface area contributed by atoms with Crippen molar-refractivity contribution in [2.45, 2.75) is 19.4 Å². The Kier molecular flexibility index (Phi) is 5.38. The van der Waals surface area contributed by atoms with Crippen molar-refractivity contribution in [3.05, 3.63) is 51.1 Å². The quantitative estimate of drug-likeness (QED) is 0.818. The Morgan fingerprint density at radius 3 is 2.96 bits per heavy atom. The zero-order chi connectivity index (χ0) is 17.1. The van der Waals surface area contributed by atoms with Crippen LogP contribution >= 0.6 is 27.5 Å². The van der Waals surface area contributed by atoms with Gasteiger partial charge in [-0.05, 0) is 30.7 Å². The Hall–Kier alpha value is -1.63. The number of hydrogen-bond donors (Lipinski definition) is 1. The lowest BCUT2D eigenvalue weighted by Gasteiger charge is -2.13. The molecule has 2 aromatic rings. The molecular formula is C17H16BrClN2O3. The first-order valence-corrected chi connectivity index (χ1v) is 8.67. The summed E-state index contributed by atoms with van der Waals surface area (Å²) in [5, 5.41) is 3.12. The zero-order valence-electron chi connectivity index (χ0n) is 13.0. The number of aryl methyl sites for hydroxylation is 1. The van der Waals surface area contributed by atoms with E-state index in [1.165, 1.54) is 6.20 Å². The standard InChI is InChI=1S/C17H16BrClN2O3/c1-10-2-3-12(7-14(10)18)21-16(22)11-6-15(19)17(20-8-11)24-13-4-5-23-9-13/h2-3,6-8,13H,4-5,9H2,1H3,(H,21,22). The van der Waals surface area contributed by atoms with Crippen molar-refractivity contribution in [1.29, 1.82) is 0 Å². The SMILES string of the molecule is Cc1ccc(NC(=O)c2cnc(OC3CCOC3)c(Cl)c2)cc1Br. The van der Waals surface area contributed by atoms with Crippen LogP contribution in [0.2, 0.25) is 5.02 Å². The van der Waals surface area contributed by atoms with Crippen LogP contribution in [0.4, 0.5) is 5.69 Å². The van der Waals surface area contributed by atoms with Crippen LogP contribution in [0.25, 0.3) is 0 Å². The minimum Gasteiger partial charge on any atom is -0.471 e. The minimum atomic E-state index is -0.282. The third kappa shape index (κ3) is 4.06. The molecule has 1 saturated heterocycles. The average molecular weight is 412 g/mol. The molecule has 1 aliphatic heterocycles. The molecule has 1 atom stereocenters. The summed E-state index contributed by atoms with van der Waals surface area (Å²) >= 11 is 9.63. The summed E-state index contributed by atoms with van der Waals surface area (Å²) in [6, 6.07) is 7.16. The number of halogens is 2. The highest BCUT2D eigenvalue weighted by Gasteiger charge is 2.20. The van der Waals surface area contributed by atoms with Gasteiger partial charge in [0.05, 0.1) is 18.8 Å². The molecule has 1 amide bonds. The van der Waals surface area contributed by atoms with E-state index >= 15 is 0 Å². The highest BCUT2D eigenvalue weighted by atomic mass is 79.9. The van der Waals surface area contributed by atoms with E-state index in [9.17, 15) is 4.79 Å². The third-order valence-corrected chi connectivity index (χ3v) is 4.79. The lowest BCUT2D eigenvalue weighted by molar-refractivity contribution is 0.102. The summed E-state index contributed by atoms with van der Waals surface area (Å²) in [6.45, 7) is 3.19. The molecule has 0 radical (unpaired) electrons. The van der Waals surface area contributed by atoms with Crippen molar-refractivity contribution >= 4 is 39.1 Å². The van der Waals surface area contributed by atoms with Crippen molar-refractivity contribution in [3.8, 4) is 5.88 Å². The summed E-state index contributed by atoms with van der Waals surface area (Å²) in [7, 11) is 0. The van der Waals surface area contributed by atoms with Gasteiger partial charge in [0, 0.05) is 22.8 Å². The molecule has 1 unspecified atom stereocenters. The van der Waals surface area contributed by atoms with E-state index in [-0.39, 0.29) is 12.0 Å². The summed E-state index contributed by atoms with van der Waals surface area (Å²) in [4.78, 5) is 16.5. The minimum absolute atomic E-state index is 0.0421. The van der Waals surface area contributed by atoms with Crippen molar-refractivity contribution in [3.63, 3.8) is 0 Å². The van der Waals surface area contributed by atoms with Crippen molar-refractivity contribution in [2.24, 2.45) is 0 Å². The van der Waals surface area contributed by atoms with Crippen LogP contribution in [0.3, 0.4) is 0 Å². The van der Waals surface area contributed by atoms with Gasteiger partial charge in [-0.25, -0.2) is 4.98 Å². The Labute approximate surface area is 153 Å². The maximum atomic E-state index is 12.3. The van der Waals surface area contributed by atoms with Crippen LogP contribution in [0.1, 0.15) is 22.3 Å². The van der Waals surface area contributed by atoms with E-state index in [0.29, 0.717) is 35.4 Å². The van der Waals surface area contributed by atoms with Crippen LogP contribution in [0.15, 0.2) is 34.9 Å². The topological polar surface area (TPSA) is 60.5 Å². The number of anilines is 1. The molecule has 24 heavy (non-hydrogen) atoms. The van der Waals surface area contributed by atoms with E-state index in [1.54, 1.807) is 6.07 Å². The molecular weight excluding hydrogens is 396 g/mol. The number of benzene rings is 1. The summed E-state index contributed by atoms with van der Waals surface area (Å²) in [5.41, 5.74) is 2.15. The van der Waals surface area contributed by atoms with Gasteiger partial charge >= 0.3 is 0 Å². The van der Waals surface area contributed by atoms with Crippen LogP contribution in [-0.2, 0) is 4.74 Å². The van der Waals surface area contributed by atoms with Gasteiger partial charge in [-0.15, -0.1) is 0 Å². The van der Waals surface area contributed by atoms with Crippen LogP contribution in [-0.4, -0.2) is 30.2 Å². The molecule has 1 aliphatic rings. The number of carbonyl (C=O) groups is 1. The van der Waals surface area contributed by atoms with Crippen LogP contribution < -0.4 is 10.1 Å². The molecule has 0 bridgehead atoms. The zero-order valence-corrected chi connectivity index (χ0v) is 15.4. The van der Waals surface area contributed by atoms with Gasteiger partial charge in [-0.2, -0.15) is 0 Å². The molecule has 1 fully saturated rings. The van der Waals surface area contributed by atoms with Gasteiger partial charge in [-0.1, -0.05) is 33.6 Å². The highest BCUT2D eigenvalue weighted by molar-refractivity contribution is 9.10. The molecule has 1 aromatic heterocycles. The summed E-state index contributed by atoms with van der Waals surface area (Å²) in [6.07, 6.45) is 2.22. The monoisotopic (exact) mass is 410 g/mol. The largest absolute Gasteiger partial charge is 0.471 e. The van der Waals surface area contributed by atoms with E-state index in [0.717, 1.165) is 16.5 Å². The lowest BCUT2D eigenvalue weighted by atomic mass is 10.2. The van der Waals surface area contributed by atoms with Crippen molar-refractivity contribution in [2.75, 3.05) is 18.5 Å². The smallest absolute Gasteiger partial charge is 0.257 e. The molecule has 0 saturated carbocycles. The summed E-state index contributed by atoms with van der Waals surface area (Å²) < 4.78 is 11.9. The Morgan fingerprint density at radius 1 is 1.46 bits per heavy atom. The number of aromatic nitrogens is 1. The molecule has 1 aromatic carbocycles. The maximum Gasteiger partial charge on any atom is 0.257 e. The van der Waals surface area contributed by atoms with Gasteiger partial charge in [-0.3, -0.25) is 4.79 Å². The first-order chi connectivity index (χ1) is 11.5. The number of rotatable bonds is 4. The van der Waals surface area contributed by atoms with E-state index < -0.39 is 0 Å². The second-order valence-corrected chi connectivity index (χ2v) is 6.79. The van der Waals surface area contributed by atoms with Crippen LogP contribution in [0.5, 0.6) is 5.88 Å². The number of hydrogen-bond acceptors (Lipinski definition) is 4. The Morgan fingerprint density at radius 2 is 2.29 bits per heavy atom. The summed E-state index contributed by atoms with van der Waals surface area (Å²) in [5.74, 6) is 0.0395. The normalized spacial score (nSPS) is 16.9. The molecule has 2 heterocycles. The predicted octanol–water partition coefficient (Wildman–Crippen LogP) is 4.23. The number of carbonyl (C=O) groups excluding carboxylic acids is 1. The number of pyridine rings is 1. The van der Waals surface area contributed by atoms with Crippen molar-refractivity contribution < 1.29 is 14.3 Å². The Bertz CT molecular complexity index is 763. The fourth-order valence-electron chi connectivity index (χ4n) is 2.27. The van der Waals surface area contributed by atoms with Gasteiger partial charge in [0.2, 0.25) is 5.88 Å². The number of ether oxygens (including phenoxy) is 2. The second kappa shape index (κ2) is 7.51. The second-order valence-electron chi connectivity index (χ2n) is 5.53. The first-order valence-electron chi connectivity index (χ1n) is 7.50. The van der Waals surface area contributed by atoms with Gasteiger partial charge in [0.1, 0.15) is 11.1 Å². The van der Waals surface area contributed by atoms with Crippen molar-refractivity contribution in [1.82, 2.24) is 4.98 Å². The molecule has 3 rings (SSSR count). The van der Waals surface area contributed by atoms with E-state index in [1.807, 2.05) is 25.1 Å². The number of nitrogens with zero attached hydrogens (tertiary/aromatic N) is 1. The molecule has 7 heteroatoms. The fraction of sp³-hybridized carbons (Fsp3) is 0.294. The number of amides is 1. The van der Waals surface area contributed by atoms with Crippen LogP contribution in [0, 0.1) is 6.92 Å². The fourth-order valence-corrected chi connectivity index (χ4v) is 2.86. The van der Waals surface area contributed by atoms with Gasteiger partial charge in [0.25, 0.3) is 5.91 Å². The molecule has 126 valence electrons. The highest BCUT2D eigenvalue weighted by Crippen LogP contribution is 2.26.